The van der Waals surface area contributed by atoms with Gasteiger partial charge in [0, 0.05) is 12.2 Å². The monoisotopic (exact) mass is 427 g/mol. The predicted octanol–water partition coefficient (Wildman–Crippen LogP) is 2.03. The summed E-state index contributed by atoms with van der Waals surface area (Å²) in [5, 5.41) is 17.0. The number of rotatable bonds is 7. The first kappa shape index (κ1) is 21.6. The molecule has 0 atom stereocenters. The van der Waals surface area contributed by atoms with Gasteiger partial charge in [-0.1, -0.05) is 19.1 Å². The molecule has 3 rings (SSSR count). The summed E-state index contributed by atoms with van der Waals surface area (Å²) in [6, 6.07) is 10.2. The van der Waals surface area contributed by atoms with E-state index in [9.17, 15) is 19.5 Å². The van der Waals surface area contributed by atoms with Crippen molar-refractivity contribution in [2.45, 2.75) is 13.3 Å². The summed E-state index contributed by atoms with van der Waals surface area (Å²) in [7, 11) is 2.80. The van der Waals surface area contributed by atoms with Crippen LogP contribution in [0, 0.1) is 0 Å². The van der Waals surface area contributed by atoms with Crippen molar-refractivity contribution >= 4 is 17.7 Å². The highest BCUT2D eigenvalue weighted by molar-refractivity contribution is 5.96. The van der Waals surface area contributed by atoms with Crippen LogP contribution >= 0.6 is 0 Å². The fourth-order valence-electron chi connectivity index (χ4n) is 3.03. The lowest BCUT2D eigenvalue weighted by molar-refractivity contribution is 0.0693. The van der Waals surface area contributed by atoms with Crippen LogP contribution in [-0.4, -0.2) is 57.7 Å². The van der Waals surface area contributed by atoms with Gasteiger partial charge in [0.15, 0.2) is 0 Å². The number of carbonyl (C=O) groups excluding carboxylic acids is 1. The van der Waals surface area contributed by atoms with Crippen LogP contribution in [0.25, 0.3) is 5.69 Å². The Kier molecular flexibility index (Phi) is 6.34. The van der Waals surface area contributed by atoms with Crippen molar-refractivity contribution in [2.75, 3.05) is 25.7 Å². The number of benzene rings is 2. The molecule has 1 N–H and O–H groups in total. The summed E-state index contributed by atoms with van der Waals surface area (Å²) in [6.07, 6.45) is 0.551. The second-order valence-electron chi connectivity index (χ2n) is 6.38. The van der Waals surface area contributed by atoms with E-state index in [1.807, 2.05) is 6.92 Å². The number of nitrogens with zero attached hydrogens (tertiary/aromatic N) is 5. The fraction of sp³-hybridized carbons (Fsp3) is 0.250. The first-order valence-corrected chi connectivity index (χ1v) is 9.34. The van der Waals surface area contributed by atoms with Crippen LogP contribution in [0.15, 0.2) is 47.3 Å². The second kappa shape index (κ2) is 9.11. The van der Waals surface area contributed by atoms with E-state index < -0.39 is 17.7 Å². The molecule has 0 radical (unpaired) electrons. The van der Waals surface area contributed by atoms with Gasteiger partial charge < -0.3 is 14.6 Å². The van der Waals surface area contributed by atoms with Crippen molar-refractivity contribution in [2.24, 2.45) is 0 Å². The standard InChI is InChI=1S/C20H21N5O6/c1-4-11-23(13-9-10-16(30-2)14(12-13)18(26)27)19(28)25-20(29)24(21-22-25)15-7-5-6-8-17(15)31-3/h5-10,12H,4,11H2,1-3H3,(H,26,27). The minimum atomic E-state index is -1.21. The van der Waals surface area contributed by atoms with Crippen molar-refractivity contribution in [3.63, 3.8) is 0 Å². The molecular weight excluding hydrogens is 406 g/mol. The lowest BCUT2D eigenvalue weighted by atomic mass is 10.1. The van der Waals surface area contributed by atoms with Gasteiger partial charge in [0.2, 0.25) is 0 Å². The fourth-order valence-corrected chi connectivity index (χ4v) is 3.03. The van der Waals surface area contributed by atoms with Gasteiger partial charge in [-0.2, -0.15) is 4.68 Å². The Morgan fingerprint density at radius 3 is 2.42 bits per heavy atom. The minimum absolute atomic E-state index is 0.112. The van der Waals surface area contributed by atoms with E-state index in [4.69, 9.17) is 9.47 Å². The number of tetrazole rings is 1. The number of carbonyl (C=O) groups is 2. The zero-order chi connectivity index (χ0) is 22.5. The molecule has 3 aromatic rings. The summed E-state index contributed by atoms with van der Waals surface area (Å²) in [5.74, 6) is -0.669. The lowest BCUT2D eigenvalue weighted by Crippen LogP contribution is -2.41. The Balaban J connectivity index is 2.04. The Labute approximate surface area is 177 Å². The average molecular weight is 427 g/mol. The Morgan fingerprint density at radius 1 is 1.06 bits per heavy atom. The van der Waals surface area contributed by atoms with Gasteiger partial charge in [0.05, 0.1) is 14.2 Å². The topological polar surface area (TPSA) is 129 Å². The van der Waals surface area contributed by atoms with Gasteiger partial charge >= 0.3 is 17.7 Å². The molecule has 162 valence electrons. The van der Waals surface area contributed by atoms with E-state index in [0.717, 1.165) is 4.68 Å². The maximum atomic E-state index is 13.2. The smallest absolute Gasteiger partial charge is 0.377 e. The largest absolute Gasteiger partial charge is 0.496 e. The maximum absolute atomic E-state index is 13.2. The van der Waals surface area contributed by atoms with Gasteiger partial charge in [-0.25, -0.2) is 14.4 Å². The van der Waals surface area contributed by atoms with Crippen molar-refractivity contribution in [3.05, 3.63) is 58.5 Å². The number of para-hydroxylation sites is 2. The molecule has 0 fully saturated rings. The van der Waals surface area contributed by atoms with E-state index in [1.165, 1.54) is 37.3 Å². The second-order valence-corrected chi connectivity index (χ2v) is 6.38. The number of amides is 1. The first-order valence-electron chi connectivity index (χ1n) is 9.34. The molecule has 1 heterocycles. The summed E-state index contributed by atoms with van der Waals surface area (Å²) in [6.45, 7) is 2.06. The highest BCUT2D eigenvalue weighted by atomic mass is 16.5. The van der Waals surface area contributed by atoms with E-state index in [2.05, 4.69) is 10.4 Å². The molecule has 0 aliphatic rings. The molecule has 11 nitrogen and oxygen atoms in total. The molecular formula is C20H21N5O6. The number of carboxylic acids is 1. The van der Waals surface area contributed by atoms with E-state index in [-0.39, 0.29) is 23.5 Å². The molecule has 1 aromatic heterocycles. The van der Waals surface area contributed by atoms with Crippen molar-refractivity contribution < 1.29 is 24.2 Å². The summed E-state index contributed by atoms with van der Waals surface area (Å²) in [5.41, 5.74) is -0.293. The maximum Gasteiger partial charge on any atom is 0.377 e. The minimum Gasteiger partial charge on any atom is -0.496 e. The Bertz CT molecular complexity index is 1170. The SMILES string of the molecule is CCCN(C(=O)n1nnn(-c2ccccc2OC)c1=O)c1ccc(OC)c(C(=O)O)c1. The van der Waals surface area contributed by atoms with Crippen LogP contribution in [0.2, 0.25) is 0 Å². The number of carboxylic acid groups (broad SMARTS) is 1. The van der Waals surface area contributed by atoms with Gasteiger partial charge in [-0.3, -0.25) is 4.90 Å². The molecule has 1 amide bonds. The molecule has 31 heavy (non-hydrogen) atoms. The number of hydrogen-bond acceptors (Lipinski definition) is 7. The van der Waals surface area contributed by atoms with Gasteiger partial charge in [-0.05, 0) is 47.2 Å². The molecule has 2 aromatic carbocycles. The van der Waals surface area contributed by atoms with Crippen LogP contribution < -0.4 is 20.1 Å². The molecule has 0 bridgehead atoms. The van der Waals surface area contributed by atoms with Crippen LogP contribution in [0.5, 0.6) is 11.5 Å². The number of anilines is 1. The van der Waals surface area contributed by atoms with Crippen molar-refractivity contribution in [3.8, 4) is 17.2 Å². The summed E-state index contributed by atoms with van der Waals surface area (Å²) < 4.78 is 11.9. The number of methoxy groups -OCH3 is 2. The number of hydrogen-bond donors (Lipinski definition) is 1. The third-order valence-electron chi connectivity index (χ3n) is 4.48. The average Bonchev–Trinajstić information content (AvgIpc) is 3.17. The lowest BCUT2D eigenvalue weighted by Gasteiger charge is -2.22. The number of ether oxygens (including phenoxy) is 2. The quantitative estimate of drug-likeness (QED) is 0.567. The number of aromatic nitrogens is 4. The molecule has 0 unspecified atom stereocenters. The molecule has 0 saturated carbocycles. The summed E-state index contributed by atoms with van der Waals surface area (Å²) in [4.78, 5) is 38.8. The van der Waals surface area contributed by atoms with Crippen molar-refractivity contribution in [1.82, 2.24) is 19.8 Å². The molecule has 0 aliphatic carbocycles. The van der Waals surface area contributed by atoms with Crippen molar-refractivity contribution in [1.29, 1.82) is 0 Å². The van der Waals surface area contributed by atoms with E-state index in [1.54, 1.807) is 24.3 Å². The van der Waals surface area contributed by atoms with Crippen LogP contribution in [0.3, 0.4) is 0 Å². The highest BCUT2D eigenvalue weighted by Gasteiger charge is 2.25. The van der Waals surface area contributed by atoms with E-state index >= 15 is 0 Å². The molecule has 0 aliphatic heterocycles. The molecule has 0 spiro atoms. The van der Waals surface area contributed by atoms with Gasteiger partial charge in [-0.15, -0.1) is 4.68 Å². The third kappa shape index (κ3) is 4.10. The highest BCUT2D eigenvalue weighted by Crippen LogP contribution is 2.26. The number of aromatic carboxylic acids is 1. The Hall–Kier alpha value is -4.15. The normalized spacial score (nSPS) is 10.5. The van der Waals surface area contributed by atoms with Gasteiger partial charge in [0.1, 0.15) is 22.7 Å². The Morgan fingerprint density at radius 2 is 1.77 bits per heavy atom. The predicted molar refractivity (Wildman–Crippen MR) is 111 cm³/mol. The van der Waals surface area contributed by atoms with Crippen LogP contribution in [0.4, 0.5) is 10.5 Å². The third-order valence-corrected chi connectivity index (χ3v) is 4.48. The summed E-state index contributed by atoms with van der Waals surface area (Å²) >= 11 is 0. The molecule has 11 heteroatoms. The van der Waals surface area contributed by atoms with Crippen LogP contribution in [-0.2, 0) is 0 Å². The zero-order valence-corrected chi connectivity index (χ0v) is 17.2. The zero-order valence-electron chi connectivity index (χ0n) is 17.2. The molecule has 0 saturated heterocycles. The first-order chi connectivity index (χ1) is 14.9. The van der Waals surface area contributed by atoms with Crippen LogP contribution in [0.1, 0.15) is 23.7 Å². The van der Waals surface area contributed by atoms with Gasteiger partial charge in [0.25, 0.3) is 0 Å². The van der Waals surface area contributed by atoms with E-state index in [0.29, 0.717) is 22.5 Å².